The largest absolute Gasteiger partial charge is 0.299 e. The Morgan fingerprint density at radius 2 is 2.42 bits per heavy atom. The molecule has 4 heteroatoms. The average molecular weight is 173 g/mol. The van der Waals surface area contributed by atoms with Crippen molar-refractivity contribution in [3.63, 3.8) is 0 Å². The maximum absolute atomic E-state index is 11.3. The van der Waals surface area contributed by atoms with Crippen molar-refractivity contribution in [2.24, 2.45) is 5.92 Å². The van der Waals surface area contributed by atoms with Crippen LogP contribution in [0.5, 0.6) is 0 Å². The summed E-state index contributed by atoms with van der Waals surface area (Å²) in [6, 6.07) is 0. The number of rotatable bonds is 3. The summed E-state index contributed by atoms with van der Waals surface area (Å²) in [6.45, 7) is 1.89. The number of carbonyl (C=O) groups excluding carboxylic acids is 1. The van der Waals surface area contributed by atoms with E-state index in [1.165, 1.54) is 7.11 Å². The van der Waals surface area contributed by atoms with Crippen molar-refractivity contribution < 1.29 is 14.6 Å². The van der Waals surface area contributed by atoms with Crippen molar-refractivity contribution in [1.29, 1.82) is 0 Å². The van der Waals surface area contributed by atoms with E-state index in [1.54, 1.807) is 0 Å². The van der Waals surface area contributed by atoms with Crippen LogP contribution in [0.15, 0.2) is 0 Å². The van der Waals surface area contributed by atoms with Gasteiger partial charge in [-0.15, -0.1) is 0 Å². The molecule has 1 rings (SSSR count). The fraction of sp³-hybridized carbons (Fsp3) is 0.875. The summed E-state index contributed by atoms with van der Waals surface area (Å²) in [7, 11) is 3.41. The monoisotopic (exact) mass is 173 g/mol. The predicted molar refractivity (Wildman–Crippen MR) is 43.6 cm³/mol. The second-order valence-electron chi connectivity index (χ2n) is 3.14. The number of piperidine rings is 1. The van der Waals surface area contributed by atoms with Gasteiger partial charge in [0.25, 0.3) is 0 Å². The molecule has 0 aliphatic carbocycles. The number of ketones is 1. The predicted octanol–water partition coefficient (Wildman–Crippen LogP) is 0.0852. The number of nitrogens with zero attached hydrogens (tertiary/aromatic N) is 1. The van der Waals surface area contributed by atoms with Crippen LogP contribution in [0.3, 0.4) is 0 Å². The van der Waals surface area contributed by atoms with E-state index in [0.29, 0.717) is 13.2 Å². The highest BCUT2D eigenvalue weighted by molar-refractivity contribution is 5.83. The Morgan fingerprint density at radius 1 is 1.67 bits per heavy atom. The first kappa shape index (κ1) is 9.64. The molecule has 1 saturated heterocycles. The van der Waals surface area contributed by atoms with E-state index in [9.17, 15) is 4.79 Å². The third kappa shape index (κ3) is 2.55. The molecule has 1 heterocycles. The summed E-state index contributed by atoms with van der Waals surface area (Å²) < 4.78 is 0. The highest BCUT2D eigenvalue weighted by atomic mass is 17.2. The molecule has 70 valence electrons. The van der Waals surface area contributed by atoms with E-state index in [0.717, 1.165) is 13.0 Å². The highest BCUT2D eigenvalue weighted by Gasteiger charge is 2.25. The second kappa shape index (κ2) is 4.54. The highest BCUT2D eigenvalue weighted by Crippen LogP contribution is 2.12. The molecule has 1 atom stereocenters. The van der Waals surface area contributed by atoms with Gasteiger partial charge in [-0.05, 0) is 20.0 Å². The number of Topliss-reactive ketones (excluding diaryl/α,β-unsaturated/α-hetero) is 1. The van der Waals surface area contributed by atoms with Gasteiger partial charge in [0.1, 0.15) is 0 Å². The first-order valence-electron chi connectivity index (χ1n) is 4.11. The van der Waals surface area contributed by atoms with Gasteiger partial charge < -0.3 is 0 Å². The lowest BCUT2D eigenvalue weighted by atomic mass is 9.97. The van der Waals surface area contributed by atoms with Gasteiger partial charge in [-0.25, -0.2) is 9.78 Å². The number of hydrogen-bond donors (Lipinski definition) is 0. The lowest BCUT2D eigenvalue weighted by Crippen LogP contribution is -2.40. The van der Waals surface area contributed by atoms with Crippen molar-refractivity contribution in [2.45, 2.75) is 6.42 Å². The lowest BCUT2D eigenvalue weighted by Gasteiger charge is -2.26. The van der Waals surface area contributed by atoms with Crippen molar-refractivity contribution in [2.75, 3.05) is 33.9 Å². The summed E-state index contributed by atoms with van der Waals surface area (Å²) in [5, 5.41) is 0. The molecule has 1 aliphatic heterocycles. The first-order chi connectivity index (χ1) is 5.74. The van der Waals surface area contributed by atoms with Crippen LogP contribution in [0.1, 0.15) is 6.42 Å². The third-order valence-corrected chi connectivity index (χ3v) is 2.13. The van der Waals surface area contributed by atoms with Crippen molar-refractivity contribution in [3.8, 4) is 0 Å². The SMILES string of the molecule is COOCC1CCN(C)CC1=O. The zero-order chi connectivity index (χ0) is 8.97. The maximum atomic E-state index is 11.3. The minimum absolute atomic E-state index is 0.0288. The molecule has 1 unspecified atom stereocenters. The minimum atomic E-state index is 0.0288. The van der Waals surface area contributed by atoms with Gasteiger partial charge in [0, 0.05) is 5.92 Å². The standard InChI is InChI=1S/C8H15NO3/c1-9-4-3-7(6-12-11-2)8(10)5-9/h7H,3-6H2,1-2H3. The number of likely N-dealkylation sites (tertiary alicyclic amines) is 1. The van der Waals surface area contributed by atoms with Crippen molar-refractivity contribution >= 4 is 5.78 Å². The fourth-order valence-corrected chi connectivity index (χ4v) is 1.34. The number of likely N-dealkylation sites (N-methyl/N-ethyl adjacent to an activating group) is 1. The molecule has 0 amide bonds. The molecule has 12 heavy (non-hydrogen) atoms. The molecule has 4 nitrogen and oxygen atoms in total. The Balaban J connectivity index is 2.30. The van der Waals surface area contributed by atoms with Gasteiger partial charge in [-0.1, -0.05) is 0 Å². The average Bonchev–Trinajstić information content (AvgIpc) is 2.03. The zero-order valence-electron chi connectivity index (χ0n) is 7.58. The van der Waals surface area contributed by atoms with Gasteiger partial charge in [0.15, 0.2) is 5.78 Å². The summed E-state index contributed by atoms with van der Waals surface area (Å²) in [4.78, 5) is 22.5. The molecule has 0 saturated carbocycles. The Morgan fingerprint density at radius 3 is 3.00 bits per heavy atom. The van der Waals surface area contributed by atoms with Crippen molar-refractivity contribution in [3.05, 3.63) is 0 Å². The van der Waals surface area contributed by atoms with Crippen molar-refractivity contribution in [1.82, 2.24) is 4.90 Å². The second-order valence-corrected chi connectivity index (χ2v) is 3.14. The normalized spacial score (nSPS) is 26.2. The van der Waals surface area contributed by atoms with Crippen LogP contribution in [0.25, 0.3) is 0 Å². The zero-order valence-corrected chi connectivity index (χ0v) is 7.58. The summed E-state index contributed by atoms with van der Waals surface area (Å²) in [5.74, 6) is 0.280. The van der Waals surface area contributed by atoms with Gasteiger partial charge >= 0.3 is 0 Å². The fourth-order valence-electron chi connectivity index (χ4n) is 1.34. The van der Waals surface area contributed by atoms with Crippen LogP contribution in [0.4, 0.5) is 0 Å². The minimum Gasteiger partial charge on any atom is -0.299 e. The smallest absolute Gasteiger partial charge is 0.152 e. The third-order valence-electron chi connectivity index (χ3n) is 2.13. The van der Waals surface area contributed by atoms with E-state index in [4.69, 9.17) is 4.89 Å². The van der Waals surface area contributed by atoms with Gasteiger partial charge in [0.2, 0.25) is 0 Å². The quantitative estimate of drug-likeness (QED) is 0.447. The molecule has 1 aliphatic rings. The van der Waals surface area contributed by atoms with Gasteiger partial charge in [-0.2, -0.15) is 0 Å². The number of carbonyl (C=O) groups is 1. The summed E-state index contributed by atoms with van der Waals surface area (Å²) >= 11 is 0. The van der Waals surface area contributed by atoms with Crippen LogP contribution in [-0.2, 0) is 14.6 Å². The van der Waals surface area contributed by atoms with Crippen LogP contribution in [0.2, 0.25) is 0 Å². The van der Waals surface area contributed by atoms with E-state index in [1.807, 2.05) is 11.9 Å². The molecule has 0 bridgehead atoms. The molecule has 0 spiro atoms. The Bertz CT molecular complexity index is 158. The summed E-state index contributed by atoms with van der Waals surface area (Å²) in [5.41, 5.74) is 0. The molecule has 0 aromatic rings. The van der Waals surface area contributed by atoms with Crippen LogP contribution < -0.4 is 0 Å². The van der Waals surface area contributed by atoms with Crippen LogP contribution >= 0.6 is 0 Å². The molecule has 0 aromatic carbocycles. The molecule has 1 fully saturated rings. The topological polar surface area (TPSA) is 38.8 Å². The first-order valence-corrected chi connectivity index (χ1v) is 4.11. The van der Waals surface area contributed by atoms with E-state index in [2.05, 4.69) is 4.89 Å². The Hall–Kier alpha value is -0.450. The van der Waals surface area contributed by atoms with Gasteiger partial charge in [-0.3, -0.25) is 9.69 Å². The number of hydrogen-bond acceptors (Lipinski definition) is 4. The Labute approximate surface area is 72.4 Å². The van der Waals surface area contributed by atoms with Crippen LogP contribution in [-0.4, -0.2) is 44.5 Å². The molecule has 0 N–H and O–H groups in total. The van der Waals surface area contributed by atoms with E-state index in [-0.39, 0.29) is 11.7 Å². The maximum Gasteiger partial charge on any atom is 0.152 e. The van der Waals surface area contributed by atoms with E-state index < -0.39 is 0 Å². The van der Waals surface area contributed by atoms with Crippen LogP contribution in [0, 0.1) is 5.92 Å². The lowest BCUT2D eigenvalue weighted by molar-refractivity contribution is -0.279. The Kier molecular flexibility index (Phi) is 3.65. The molecule has 0 radical (unpaired) electrons. The van der Waals surface area contributed by atoms with E-state index >= 15 is 0 Å². The molecular formula is C8H15NO3. The molecular weight excluding hydrogens is 158 g/mol. The summed E-state index contributed by atoms with van der Waals surface area (Å²) in [6.07, 6.45) is 0.874. The van der Waals surface area contributed by atoms with Gasteiger partial charge in [0.05, 0.1) is 20.3 Å². The molecule has 0 aromatic heterocycles.